The predicted molar refractivity (Wildman–Crippen MR) is 95.9 cm³/mol. The van der Waals surface area contributed by atoms with Crippen molar-refractivity contribution in [2.75, 3.05) is 11.9 Å². The molecule has 0 bridgehead atoms. The van der Waals surface area contributed by atoms with Crippen LogP contribution in [-0.4, -0.2) is 55.7 Å². The van der Waals surface area contributed by atoms with Crippen molar-refractivity contribution in [3.05, 3.63) is 56.3 Å². The average Bonchev–Trinajstić information content (AvgIpc) is 2.91. The number of nitrogens with one attached hydrogen (secondary N) is 1. The van der Waals surface area contributed by atoms with Gasteiger partial charge in [0.2, 0.25) is 0 Å². The lowest BCUT2D eigenvalue weighted by molar-refractivity contribution is -0.0553. The number of carbonyl (C=O) groups is 1. The third kappa shape index (κ3) is 4.02. The number of rotatable bonds is 4. The van der Waals surface area contributed by atoms with Crippen molar-refractivity contribution in [2.24, 2.45) is 0 Å². The molecule has 0 saturated carbocycles. The minimum atomic E-state index is -1.59. The van der Waals surface area contributed by atoms with Gasteiger partial charge >= 0.3 is 5.69 Å². The van der Waals surface area contributed by atoms with Crippen LogP contribution in [0.25, 0.3) is 0 Å². The number of nitrogens with zero attached hydrogens (tertiary/aromatic N) is 2. The zero-order chi connectivity index (χ0) is 20.6. The molecule has 1 saturated heterocycles. The van der Waals surface area contributed by atoms with Crippen molar-refractivity contribution < 1.29 is 29.2 Å². The van der Waals surface area contributed by atoms with E-state index in [-0.39, 0.29) is 15.6 Å². The summed E-state index contributed by atoms with van der Waals surface area (Å²) in [6.45, 7) is -0.615. The third-order valence-corrected chi connectivity index (χ3v) is 4.49. The highest BCUT2D eigenvalue weighted by Crippen LogP contribution is 2.28. The van der Waals surface area contributed by atoms with Crippen LogP contribution in [0, 0.1) is 5.82 Å². The molecule has 4 N–H and O–H groups in total. The van der Waals surface area contributed by atoms with Gasteiger partial charge in [0.1, 0.15) is 18.3 Å². The Labute approximate surface area is 166 Å². The van der Waals surface area contributed by atoms with E-state index in [1.807, 2.05) is 0 Å². The molecule has 2 aromatic rings. The van der Waals surface area contributed by atoms with E-state index in [1.54, 1.807) is 0 Å². The number of hydrogen-bond acceptors (Lipinski definition) is 7. The summed E-state index contributed by atoms with van der Waals surface area (Å²) in [5.74, 6) is -2.56. The molecular weight excluding hydrogens is 420 g/mol. The largest absolute Gasteiger partial charge is 0.394 e. The van der Waals surface area contributed by atoms with Crippen LogP contribution in [0.2, 0.25) is 10.0 Å². The SMILES string of the molecule is O=C(Nc1nc(=O)n(C2O[C@H](CO)[C@@H](O)[C@H]2O)cc1F)c1cc(Cl)cc(Cl)c1. The second-order valence-corrected chi connectivity index (χ2v) is 6.84. The predicted octanol–water partition coefficient (Wildman–Crippen LogP) is 0.553. The topological polar surface area (TPSA) is 134 Å². The molecule has 150 valence electrons. The van der Waals surface area contributed by atoms with Crippen molar-refractivity contribution >= 4 is 34.9 Å². The maximum Gasteiger partial charge on any atom is 0.351 e. The summed E-state index contributed by atoms with van der Waals surface area (Å²) in [5, 5.41) is 31.3. The Morgan fingerprint density at radius 1 is 1.25 bits per heavy atom. The molecule has 1 amide bonds. The molecule has 12 heteroatoms. The van der Waals surface area contributed by atoms with Gasteiger partial charge < -0.3 is 25.4 Å². The molecule has 0 aliphatic carbocycles. The second-order valence-electron chi connectivity index (χ2n) is 5.97. The fraction of sp³-hybridized carbons (Fsp3) is 0.312. The Kier molecular flexibility index (Phi) is 5.98. The molecule has 1 aliphatic heterocycles. The van der Waals surface area contributed by atoms with Gasteiger partial charge in [-0.3, -0.25) is 9.36 Å². The van der Waals surface area contributed by atoms with E-state index < -0.39 is 54.4 Å². The van der Waals surface area contributed by atoms with Gasteiger partial charge in [-0.15, -0.1) is 0 Å². The van der Waals surface area contributed by atoms with Gasteiger partial charge in [0.15, 0.2) is 17.9 Å². The van der Waals surface area contributed by atoms with Gasteiger partial charge in [0.25, 0.3) is 5.91 Å². The molecule has 3 rings (SSSR count). The van der Waals surface area contributed by atoms with E-state index in [9.17, 15) is 24.2 Å². The third-order valence-electron chi connectivity index (χ3n) is 4.05. The zero-order valence-electron chi connectivity index (χ0n) is 13.9. The summed E-state index contributed by atoms with van der Waals surface area (Å²) in [7, 11) is 0. The van der Waals surface area contributed by atoms with Crippen molar-refractivity contribution in [3.8, 4) is 0 Å². The molecule has 28 heavy (non-hydrogen) atoms. The van der Waals surface area contributed by atoms with Crippen molar-refractivity contribution in [2.45, 2.75) is 24.5 Å². The highest BCUT2D eigenvalue weighted by Gasteiger charge is 2.44. The molecule has 1 aromatic heterocycles. The lowest BCUT2D eigenvalue weighted by atomic mass is 10.1. The minimum absolute atomic E-state index is 0.0198. The first kappa shape index (κ1) is 20.6. The van der Waals surface area contributed by atoms with Crippen molar-refractivity contribution in [1.82, 2.24) is 9.55 Å². The van der Waals surface area contributed by atoms with E-state index in [0.717, 1.165) is 0 Å². The molecule has 1 aliphatic rings. The summed E-state index contributed by atoms with van der Waals surface area (Å²) in [6.07, 6.45) is -5.02. The zero-order valence-corrected chi connectivity index (χ0v) is 15.4. The molecule has 4 atom stereocenters. The fourth-order valence-corrected chi connectivity index (χ4v) is 3.22. The molecule has 0 radical (unpaired) electrons. The van der Waals surface area contributed by atoms with Crippen LogP contribution in [0.15, 0.2) is 29.2 Å². The fourth-order valence-electron chi connectivity index (χ4n) is 2.69. The van der Waals surface area contributed by atoms with Crippen LogP contribution in [0.5, 0.6) is 0 Å². The van der Waals surface area contributed by atoms with Crippen LogP contribution < -0.4 is 11.0 Å². The number of hydrogen-bond donors (Lipinski definition) is 4. The number of aromatic nitrogens is 2. The summed E-state index contributed by atoms with van der Waals surface area (Å²) >= 11 is 11.6. The smallest absolute Gasteiger partial charge is 0.351 e. The molecule has 1 aromatic carbocycles. The molecule has 2 heterocycles. The Bertz CT molecular complexity index is 952. The van der Waals surface area contributed by atoms with Gasteiger partial charge in [-0.2, -0.15) is 4.98 Å². The summed E-state index contributed by atoms with van der Waals surface area (Å²) < 4.78 is 20.2. The standard InChI is InChI=1S/C16H14Cl2FN3O6/c17-7-1-6(2-8(18)3-7)14(26)20-13-9(19)4-22(16(27)21-13)15-12(25)11(24)10(5-23)28-15/h1-4,10-12,15,23-25H,5H2,(H,20,21,26,27)/t10-,11-,12-,15?/m1/s1. The maximum absolute atomic E-state index is 14.4. The monoisotopic (exact) mass is 433 g/mol. The lowest BCUT2D eigenvalue weighted by Crippen LogP contribution is -2.36. The van der Waals surface area contributed by atoms with Gasteiger partial charge in [0.05, 0.1) is 12.8 Å². The number of aliphatic hydroxyl groups excluding tert-OH is 3. The number of amides is 1. The number of carbonyl (C=O) groups excluding carboxylic acids is 1. The molecular formula is C16H14Cl2FN3O6. The van der Waals surface area contributed by atoms with Gasteiger partial charge in [-0.1, -0.05) is 23.2 Å². The van der Waals surface area contributed by atoms with Crippen molar-refractivity contribution in [3.63, 3.8) is 0 Å². The normalized spacial score (nSPS) is 24.4. The van der Waals surface area contributed by atoms with Gasteiger partial charge in [-0.05, 0) is 18.2 Å². The number of halogens is 3. The average molecular weight is 434 g/mol. The number of ether oxygens (including phenoxy) is 1. The van der Waals surface area contributed by atoms with E-state index in [2.05, 4.69) is 10.3 Å². The van der Waals surface area contributed by atoms with Crippen LogP contribution in [0.1, 0.15) is 16.6 Å². The molecule has 9 nitrogen and oxygen atoms in total. The second kappa shape index (κ2) is 8.11. The first-order chi connectivity index (χ1) is 13.2. The van der Waals surface area contributed by atoms with Crippen LogP contribution in [0.3, 0.4) is 0 Å². The summed E-state index contributed by atoms with van der Waals surface area (Å²) in [5.41, 5.74) is -1.04. The number of benzene rings is 1. The quantitative estimate of drug-likeness (QED) is 0.553. The van der Waals surface area contributed by atoms with E-state index >= 15 is 0 Å². The van der Waals surface area contributed by atoms with Crippen LogP contribution in [0.4, 0.5) is 10.2 Å². The molecule has 1 fully saturated rings. The van der Waals surface area contributed by atoms with E-state index in [1.165, 1.54) is 18.2 Å². The lowest BCUT2D eigenvalue weighted by Gasteiger charge is -2.17. The van der Waals surface area contributed by atoms with Crippen LogP contribution >= 0.6 is 23.2 Å². The summed E-state index contributed by atoms with van der Waals surface area (Å²) in [6, 6.07) is 3.99. The Hall–Kier alpha value is -2.08. The Morgan fingerprint density at radius 3 is 2.46 bits per heavy atom. The molecule has 1 unspecified atom stereocenters. The van der Waals surface area contributed by atoms with Gasteiger partial charge in [-0.25, -0.2) is 9.18 Å². The van der Waals surface area contributed by atoms with E-state index in [0.29, 0.717) is 10.8 Å². The Balaban J connectivity index is 1.86. The highest BCUT2D eigenvalue weighted by molar-refractivity contribution is 6.35. The number of aliphatic hydroxyl groups is 3. The Morgan fingerprint density at radius 2 is 1.89 bits per heavy atom. The van der Waals surface area contributed by atoms with Gasteiger partial charge in [0, 0.05) is 15.6 Å². The first-order valence-corrected chi connectivity index (χ1v) is 8.65. The number of anilines is 1. The van der Waals surface area contributed by atoms with E-state index in [4.69, 9.17) is 33.0 Å². The molecule has 0 spiro atoms. The highest BCUT2D eigenvalue weighted by atomic mass is 35.5. The summed E-state index contributed by atoms with van der Waals surface area (Å²) in [4.78, 5) is 27.9. The van der Waals surface area contributed by atoms with Crippen LogP contribution in [-0.2, 0) is 4.74 Å². The minimum Gasteiger partial charge on any atom is -0.394 e. The maximum atomic E-state index is 14.4. The van der Waals surface area contributed by atoms with Crippen molar-refractivity contribution in [1.29, 1.82) is 0 Å². The first-order valence-electron chi connectivity index (χ1n) is 7.90.